The first kappa shape index (κ1) is 22.5. The summed E-state index contributed by atoms with van der Waals surface area (Å²) in [6, 6.07) is 3.86. The zero-order valence-electron chi connectivity index (χ0n) is 18.8. The van der Waals surface area contributed by atoms with Crippen molar-refractivity contribution in [3.63, 3.8) is 0 Å². The predicted molar refractivity (Wildman–Crippen MR) is 117 cm³/mol. The number of nitrogens with zero attached hydrogens (tertiary/aromatic N) is 2. The van der Waals surface area contributed by atoms with Crippen LogP contribution < -0.4 is 0 Å². The van der Waals surface area contributed by atoms with Crippen LogP contribution in [0, 0.1) is 24.5 Å². The number of aromatic nitrogens is 1. The number of amides is 1. The van der Waals surface area contributed by atoms with Crippen LogP contribution in [0.5, 0.6) is 0 Å². The summed E-state index contributed by atoms with van der Waals surface area (Å²) < 4.78 is 35.9. The van der Waals surface area contributed by atoms with Gasteiger partial charge in [0.15, 0.2) is 0 Å². The second-order valence-electron chi connectivity index (χ2n) is 8.71. The van der Waals surface area contributed by atoms with Crippen molar-refractivity contribution in [2.45, 2.75) is 58.9 Å². The highest BCUT2D eigenvalue weighted by Crippen LogP contribution is 2.32. The molecule has 0 radical (unpaired) electrons. The Bertz CT molecular complexity index is 1000. The van der Waals surface area contributed by atoms with Gasteiger partial charge in [0, 0.05) is 24.3 Å². The molecule has 2 heterocycles. The van der Waals surface area contributed by atoms with E-state index in [4.69, 9.17) is 4.74 Å². The van der Waals surface area contributed by atoms with Gasteiger partial charge in [-0.2, -0.15) is 0 Å². The van der Waals surface area contributed by atoms with Gasteiger partial charge in [0.05, 0.1) is 19.1 Å². The monoisotopic (exact) mass is 444 g/mol. The molecule has 0 atom stereocenters. The number of halogens is 2. The van der Waals surface area contributed by atoms with Gasteiger partial charge in [0.2, 0.25) is 0 Å². The van der Waals surface area contributed by atoms with Crippen molar-refractivity contribution in [1.29, 1.82) is 0 Å². The molecule has 5 nitrogen and oxygen atoms in total. The summed E-state index contributed by atoms with van der Waals surface area (Å²) in [5.74, 6) is -1.72. The number of esters is 1. The molecule has 32 heavy (non-hydrogen) atoms. The number of ether oxygens (including phenoxy) is 1. The molecule has 1 fully saturated rings. The van der Waals surface area contributed by atoms with Crippen molar-refractivity contribution in [2.24, 2.45) is 5.92 Å². The van der Waals surface area contributed by atoms with Crippen molar-refractivity contribution in [1.82, 2.24) is 9.47 Å². The number of rotatable bonds is 5. The van der Waals surface area contributed by atoms with Crippen molar-refractivity contribution < 1.29 is 23.1 Å². The molecule has 1 saturated heterocycles. The van der Waals surface area contributed by atoms with Gasteiger partial charge in [-0.25, -0.2) is 8.78 Å². The Kier molecular flexibility index (Phi) is 6.63. The Labute approximate surface area is 187 Å². The van der Waals surface area contributed by atoms with E-state index in [9.17, 15) is 18.4 Å². The fourth-order valence-corrected chi connectivity index (χ4v) is 5.09. The number of hydrogen-bond donors (Lipinski definition) is 0. The zero-order chi connectivity index (χ0) is 22.8. The van der Waals surface area contributed by atoms with E-state index >= 15 is 0 Å². The number of carbonyl (C=O) groups excluding carboxylic acids is 2. The maximum absolute atomic E-state index is 14.5. The quantitative estimate of drug-likeness (QED) is 0.642. The van der Waals surface area contributed by atoms with E-state index in [2.05, 4.69) is 0 Å². The first-order chi connectivity index (χ1) is 15.4. The SMILES string of the molecule is CCOC(=O)C1CCN(C(=O)c2c(C)c3c(n2Cc2c(F)cccc2F)CCCC3)CC1. The van der Waals surface area contributed by atoms with Crippen LogP contribution in [-0.4, -0.2) is 41.0 Å². The number of hydrogen-bond acceptors (Lipinski definition) is 3. The van der Waals surface area contributed by atoms with Crippen LogP contribution in [0.15, 0.2) is 18.2 Å². The molecule has 0 spiro atoms. The Morgan fingerprint density at radius 1 is 1.09 bits per heavy atom. The number of carbonyl (C=O) groups is 2. The third-order valence-corrected chi connectivity index (χ3v) is 6.82. The molecule has 4 rings (SSSR count). The summed E-state index contributed by atoms with van der Waals surface area (Å²) in [5, 5.41) is 0. The molecule has 0 unspecified atom stereocenters. The first-order valence-electron chi connectivity index (χ1n) is 11.5. The smallest absolute Gasteiger partial charge is 0.309 e. The molecule has 7 heteroatoms. The summed E-state index contributed by atoms with van der Waals surface area (Å²) in [4.78, 5) is 27.4. The molecule has 1 aromatic heterocycles. The Balaban J connectivity index is 1.64. The third-order valence-electron chi connectivity index (χ3n) is 6.82. The van der Waals surface area contributed by atoms with Gasteiger partial charge >= 0.3 is 5.97 Å². The maximum atomic E-state index is 14.5. The number of benzene rings is 1. The minimum Gasteiger partial charge on any atom is -0.466 e. The molecule has 2 aromatic rings. The topological polar surface area (TPSA) is 51.5 Å². The Hall–Kier alpha value is -2.70. The van der Waals surface area contributed by atoms with E-state index in [0.29, 0.717) is 38.2 Å². The number of fused-ring (bicyclic) bond motifs is 1. The van der Waals surface area contributed by atoms with Crippen molar-refractivity contribution in [2.75, 3.05) is 19.7 Å². The molecular formula is C25H30F2N2O3. The highest BCUT2D eigenvalue weighted by Gasteiger charge is 2.33. The molecule has 1 aliphatic carbocycles. The molecule has 0 N–H and O–H groups in total. The minimum atomic E-state index is -0.602. The van der Waals surface area contributed by atoms with Crippen molar-refractivity contribution >= 4 is 11.9 Å². The minimum absolute atomic E-state index is 0.00492. The van der Waals surface area contributed by atoms with E-state index < -0.39 is 11.6 Å². The largest absolute Gasteiger partial charge is 0.466 e. The lowest BCUT2D eigenvalue weighted by Gasteiger charge is -2.31. The van der Waals surface area contributed by atoms with Crippen LogP contribution >= 0.6 is 0 Å². The molecule has 0 bridgehead atoms. The van der Waals surface area contributed by atoms with Crippen LogP contribution in [0.2, 0.25) is 0 Å². The average molecular weight is 445 g/mol. The molecule has 1 amide bonds. The highest BCUT2D eigenvalue weighted by molar-refractivity contribution is 5.95. The molecule has 1 aromatic carbocycles. The highest BCUT2D eigenvalue weighted by atomic mass is 19.1. The molecule has 172 valence electrons. The van der Waals surface area contributed by atoms with Crippen LogP contribution in [0.3, 0.4) is 0 Å². The van der Waals surface area contributed by atoms with Gasteiger partial charge in [-0.1, -0.05) is 6.07 Å². The Morgan fingerprint density at radius 3 is 2.41 bits per heavy atom. The normalized spacial score (nSPS) is 16.7. The van der Waals surface area contributed by atoms with Crippen LogP contribution in [0.1, 0.15) is 65.5 Å². The van der Waals surface area contributed by atoms with Gasteiger partial charge in [-0.05, 0) is 75.6 Å². The van der Waals surface area contributed by atoms with Gasteiger partial charge in [-0.3, -0.25) is 9.59 Å². The summed E-state index contributed by atoms with van der Waals surface area (Å²) in [6.07, 6.45) is 4.83. The molecular weight excluding hydrogens is 414 g/mol. The Morgan fingerprint density at radius 2 is 1.75 bits per heavy atom. The number of piperidine rings is 1. The van der Waals surface area contributed by atoms with E-state index in [1.165, 1.54) is 18.2 Å². The van der Waals surface area contributed by atoms with Gasteiger partial charge in [-0.15, -0.1) is 0 Å². The van der Waals surface area contributed by atoms with Crippen LogP contribution in [0.4, 0.5) is 8.78 Å². The van der Waals surface area contributed by atoms with Gasteiger partial charge in [0.1, 0.15) is 17.3 Å². The second-order valence-corrected chi connectivity index (χ2v) is 8.71. The fourth-order valence-electron chi connectivity index (χ4n) is 5.09. The second kappa shape index (κ2) is 9.43. The molecule has 2 aliphatic rings. The first-order valence-corrected chi connectivity index (χ1v) is 11.5. The summed E-state index contributed by atoms with van der Waals surface area (Å²) in [6.45, 7) is 5.00. The van der Waals surface area contributed by atoms with E-state index in [1.807, 2.05) is 11.5 Å². The van der Waals surface area contributed by atoms with E-state index in [-0.39, 0.29) is 29.9 Å². The van der Waals surface area contributed by atoms with Crippen molar-refractivity contribution in [3.8, 4) is 0 Å². The van der Waals surface area contributed by atoms with E-state index in [1.54, 1.807) is 11.8 Å². The molecule has 1 aliphatic heterocycles. The average Bonchev–Trinajstić information content (AvgIpc) is 3.08. The van der Waals surface area contributed by atoms with Gasteiger partial charge in [0.25, 0.3) is 5.91 Å². The standard InChI is InChI=1S/C25H30F2N2O3/c1-3-32-25(31)17-11-13-28(14-12-17)24(30)23-16(2)18-7-4-5-10-22(18)29(23)15-19-20(26)8-6-9-21(19)27/h6,8-9,17H,3-5,7,10-15H2,1-2H3. The van der Waals surface area contributed by atoms with Crippen molar-refractivity contribution in [3.05, 3.63) is 57.9 Å². The van der Waals surface area contributed by atoms with Crippen LogP contribution in [-0.2, 0) is 28.9 Å². The van der Waals surface area contributed by atoms with Crippen LogP contribution in [0.25, 0.3) is 0 Å². The summed E-state index contributed by atoms with van der Waals surface area (Å²) in [5.41, 5.74) is 3.56. The lowest BCUT2D eigenvalue weighted by Crippen LogP contribution is -2.41. The lowest BCUT2D eigenvalue weighted by molar-refractivity contribution is -0.149. The third kappa shape index (κ3) is 4.17. The fraction of sp³-hybridized carbons (Fsp3) is 0.520. The van der Waals surface area contributed by atoms with Gasteiger partial charge < -0.3 is 14.2 Å². The summed E-state index contributed by atoms with van der Waals surface area (Å²) >= 11 is 0. The predicted octanol–water partition coefficient (Wildman–Crippen LogP) is 4.42. The number of likely N-dealkylation sites (tertiary alicyclic amines) is 1. The molecule has 0 saturated carbocycles. The maximum Gasteiger partial charge on any atom is 0.309 e. The lowest BCUT2D eigenvalue weighted by atomic mass is 9.94. The zero-order valence-corrected chi connectivity index (χ0v) is 18.8. The van der Waals surface area contributed by atoms with E-state index in [0.717, 1.165) is 42.5 Å². The summed E-state index contributed by atoms with van der Waals surface area (Å²) in [7, 11) is 0.